The van der Waals surface area contributed by atoms with Gasteiger partial charge in [0.25, 0.3) is 5.91 Å². The van der Waals surface area contributed by atoms with E-state index in [1.165, 1.54) is 7.11 Å². The molecule has 1 aliphatic rings. The van der Waals surface area contributed by atoms with Crippen LogP contribution in [0.3, 0.4) is 0 Å². The van der Waals surface area contributed by atoms with E-state index in [1.807, 2.05) is 43.3 Å². The van der Waals surface area contributed by atoms with Crippen LogP contribution < -0.4 is 14.4 Å². The molecule has 3 aromatic rings. The Hall–Kier alpha value is -4.33. The average molecular weight is 488 g/mol. The molecule has 0 bridgehead atoms. The van der Waals surface area contributed by atoms with Crippen molar-refractivity contribution in [2.45, 2.75) is 19.8 Å². The number of aromatic nitrogens is 2. The lowest BCUT2D eigenvalue weighted by Gasteiger charge is -2.17. The Kier molecular flexibility index (Phi) is 7.24. The molecule has 8 nitrogen and oxygen atoms in total. The second-order valence-corrected chi connectivity index (χ2v) is 8.19. The number of rotatable bonds is 8. The highest BCUT2D eigenvalue weighted by molar-refractivity contribution is 6.07. The van der Waals surface area contributed by atoms with Crippen molar-refractivity contribution in [3.05, 3.63) is 89.3 Å². The molecule has 0 atom stereocenters. The van der Waals surface area contributed by atoms with E-state index in [2.05, 4.69) is 6.58 Å². The van der Waals surface area contributed by atoms with Crippen LogP contribution in [0.15, 0.2) is 61.2 Å². The molecule has 8 heteroatoms. The first kappa shape index (κ1) is 24.8. The second-order valence-electron chi connectivity index (χ2n) is 8.19. The number of carbonyl (C=O) groups excluding carboxylic acids is 2. The summed E-state index contributed by atoms with van der Waals surface area (Å²) in [4.78, 5) is 27.3. The largest absolute Gasteiger partial charge is 0.493 e. The fourth-order valence-electron chi connectivity index (χ4n) is 4.35. The van der Waals surface area contributed by atoms with Crippen molar-refractivity contribution in [3.8, 4) is 11.5 Å². The summed E-state index contributed by atoms with van der Waals surface area (Å²) in [5.41, 5.74) is 4.87. The standard InChI is InChI=1S/C28H29N3O5/c1-6-8-23(19-11-12-25(34-3)26(16-19)35-4)31-21(7-2)17-22(29-31)27(32)30-14-13-18-9-10-20(15-24(18)30)28(33)36-5/h6,8-12,15-17H,1,7,13-14H2,2-5H3/b23-8-. The number of hydrogen-bond donors (Lipinski definition) is 0. The molecular weight excluding hydrogens is 458 g/mol. The van der Waals surface area contributed by atoms with Crippen LogP contribution in [-0.2, 0) is 17.6 Å². The van der Waals surface area contributed by atoms with Gasteiger partial charge in [0.2, 0.25) is 0 Å². The Bertz CT molecular complexity index is 1360. The molecule has 2 heterocycles. The number of esters is 1. The number of fused-ring (bicyclic) bond motifs is 1. The molecule has 0 fully saturated rings. The second kappa shape index (κ2) is 10.5. The van der Waals surface area contributed by atoms with Crippen LogP contribution in [0.2, 0.25) is 0 Å². The summed E-state index contributed by atoms with van der Waals surface area (Å²) in [6.07, 6.45) is 4.89. The molecule has 0 unspecified atom stereocenters. The third-order valence-electron chi connectivity index (χ3n) is 6.19. The molecule has 1 amide bonds. The van der Waals surface area contributed by atoms with Gasteiger partial charge < -0.3 is 19.1 Å². The minimum absolute atomic E-state index is 0.227. The highest BCUT2D eigenvalue weighted by Crippen LogP contribution is 2.33. The molecule has 36 heavy (non-hydrogen) atoms. The minimum Gasteiger partial charge on any atom is -0.493 e. The predicted octanol–water partition coefficient (Wildman–Crippen LogP) is 4.53. The van der Waals surface area contributed by atoms with Crippen molar-refractivity contribution in [2.24, 2.45) is 0 Å². The first-order chi connectivity index (χ1) is 17.4. The van der Waals surface area contributed by atoms with Gasteiger partial charge in [-0.2, -0.15) is 5.10 Å². The maximum Gasteiger partial charge on any atom is 0.337 e. The van der Waals surface area contributed by atoms with Crippen LogP contribution in [0.1, 0.15) is 44.6 Å². The van der Waals surface area contributed by atoms with E-state index in [0.29, 0.717) is 47.8 Å². The SMILES string of the molecule is C=C/C=C(/c1ccc(OC)c(OC)c1)n1nc(C(=O)N2CCc3ccc(C(=O)OC)cc32)cc1CC. The van der Waals surface area contributed by atoms with E-state index < -0.39 is 5.97 Å². The Morgan fingerprint density at radius 1 is 1.03 bits per heavy atom. The molecule has 1 aromatic heterocycles. The number of ether oxygens (including phenoxy) is 3. The Morgan fingerprint density at radius 2 is 1.78 bits per heavy atom. The minimum atomic E-state index is -0.441. The summed E-state index contributed by atoms with van der Waals surface area (Å²) in [6.45, 7) is 6.38. The monoisotopic (exact) mass is 487 g/mol. The molecule has 0 aliphatic carbocycles. The van der Waals surface area contributed by atoms with Crippen molar-refractivity contribution >= 4 is 23.3 Å². The van der Waals surface area contributed by atoms with Gasteiger partial charge in [-0.3, -0.25) is 4.79 Å². The van der Waals surface area contributed by atoms with Gasteiger partial charge in [-0.15, -0.1) is 0 Å². The van der Waals surface area contributed by atoms with E-state index in [9.17, 15) is 9.59 Å². The van der Waals surface area contributed by atoms with Crippen LogP contribution in [0, 0.1) is 0 Å². The zero-order valence-corrected chi connectivity index (χ0v) is 20.9. The number of anilines is 1. The van der Waals surface area contributed by atoms with E-state index in [1.54, 1.807) is 42.0 Å². The number of nitrogens with zero attached hydrogens (tertiary/aromatic N) is 3. The predicted molar refractivity (Wildman–Crippen MR) is 138 cm³/mol. The number of benzene rings is 2. The van der Waals surface area contributed by atoms with Crippen LogP contribution in [0.5, 0.6) is 11.5 Å². The molecule has 0 radical (unpaired) electrons. The number of amides is 1. The topological polar surface area (TPSA) is 82.9 Å². The first-order valence-corrected chi connectivity index (χ1v) is 11.6. The van der Waals surface area contributed by atoms with Gasteiger partial charge in [0, 0.05) is 23.5 Å². The summed E-state index contributed by atoms with van der Waals surface area (Å²) >= 11 is 0. The normalized spacial score (nSPS) is 12.8. The lowest BCUT2D eigenvalue weighted by atomic mass is 10.1. The fourth-order valence-corrected chi connectivity index (χ4v) is 4.35. The molecule has 186 valence electrons. The van der Waals surface area contributed by atoms with Crippen LogP contribution in [0.25, 0.3) is 5.70 Å². The van der Waals surface area contributed by atoms with Gasteiger partial charge >= 0.3 is 5.97 Å². The first-order valence-electron chi connectivity index (χ1n) is 11.6. The molecule has 0 spiro atoms. The van der Waals surface area contributed by atoms with Crippen molar-refractivity contribution in [1.29, 1.82) is 0 Å². The van der Waals surface area contributed by atoms with Crippen molar-refractivity contribution in [1.82, 2.24) is 9.78 Å². The van der Waals surface area contributed by atoms with Gasteiger partial charge in [0.05, 0.1) is 32.6 Å². The summed E-state index contributed by atoms with van der Waals surface area (Å²) in [7, 11) is 4.51. The molecule has 2 aromatic carbocycles. The molecule has 1 aliphatic heterocycles. The number of allylic oxidation sites excluding steroid dienone is 2. The van der Waals surface area contributed by atoms with Crippen molar-refractivity contribution < 1.29 is 23.8 Å². The third-order valence-corrected chi connectivity index (χ3v) is 6.19. The lowest BCUT2D eigenvalue weighted by Crippen LogP contribution is -2.29. The zero-order valence-electron chi connectivity index (χ0n) is 20.9. The molecular formula is C28H29N3O5. The lowest BCUT2D eigenvalue weighted by molar-refractivity contribution is 0.0600. The van der Waals surface area contributed by atoms with Crippen molar-refractivity contribution in [3.63, 3.8) is 0 Å². The quantitative estimate of drug-likeness (QED) is 0.343. The van der Waals surface area contributed by atoms with E-state index in [-0.39, 0.29) is 5.91 Å². The highest BCUT2D eigenvalue weighted by Gasteiger charge is 2.29. The van der Waals surface area contributed by atoms with Gasteiger partial charge in [-0.1, -0.05) is 25.6 Å². The maximum atomic E-state index is 13.6. The van der Waals surface area contributed by atoms with Gasteiger partial charge in [0.1, 0.15) is 0 Å². The Balaban J connectivity index is 1.73. The van der Waals surface area contributed by atoms with Crippen LogP contribution >= 0.6 is 0 Å². The van der Waals surface area contributed by atoms with Gasteiger partial charge in [-0.25, -0.2) is 9.48 Å². The average Bonchev–Trinajstić information content (AvgIpc) is 3.54. The summed E-state index contributed by atoms with van der Waals surface area (Å²) in [5, 5.41) is 4.71. The van der Waals surface area contributed by atoms with E-state index in [4.69, 9.17) is 19.3 Å². The van der Waals surface area contributed by atoms with Gasteiger partial charge in [0.15, 0.2) is 17.2 Å². The Labute approximate surface area is 210 Å². The highest BCUT2D eigenvalue weighted by atomic mass is 16.5. The molecule has 0 saturated heterocycles. The van der Waals surface area contributed by atoms with E-state index >= 15 is 0 Å². The van der Waals surface area contributed by atoms with Gasteiger partial charge in [-0.05, 0) is 60.9 Å². The maximum absolute atomic E-state index is 13.6. The summed E-state index contributed by atoms with van der Waals surface area (Å²) < 4.78 is 17.4. The number of carbonyl (C=O) groups is 2. The molecule has 0 saturated carbocycles. The summed E-state index contributed by atoms with van der Waals surface area (Å²) in [5.74, 6) is 0.532. The summed E-state index contributed by atoms with van der Waals surface area (Å²) in [6, 6.07) is 12.7. The zero-order chi connectivity index (χ0) is 25.8. The smallest absolute Gasteiger partial charge is 0.337 e. The Morgan fingerprint density at radius 3 is 2.44 bits per heavy atom. The van der Waals surface area contributed by atoms with Crippen LogP contribution in [0.4, 0.5) is 5.69 Å². The van der Waals surface area contributed by atoms with Crippen LogP contribution in [-0.4, -0.2) is 49.5 Å². The third kappa shape index (κ3) is 4.49. The number of hydrogen-bond acceptors (Lipinski definition) is 6. The molecule has 4 rings (SSSR count). The fraction of sp³-hybridized carbons (Fsp3) is 0.250. The molecule has 0 N–H and O–H groups in total. The number of methoxy groups -OCH3 is 3. The van der Waals surface area contributed by atoms with Crippen molar-refractivity contribution in [2.75, 3.05) is 32.8 Å². The number of aryl methyl sites for hydroxylation is 1. The van der Waals surface area contributed by atoms with E-state index in [0.717, 1.165) is 22.5 Å².